The van der Waals surface area contributed by atoms with E-state index in [4.69, 9.17) is 14.2 Å². The van der Waals surface area contributed by atoms with Crippen LogP contribution < -0.4 is 9.47 Å². The number of esters is 1. The number of hydrogen-bond donors (Lipinski definition) is 0. The van der Waals surface area contributed by atoms with Crippen LogP contribution in [0.15, 0.2) is 48.2 Å². The number of ether oxygens (including phenoxy) is 3. The topological polar surface area (TPSA) is 105 Å². The third kappa shape index (κ3) is 4.01. The number of allylic oxidation sites excluding steroid dienone is 1. The number of nitrogens with zero attached hydrogens (tertiary/aromatic N) is 1. The predicted molar refractivity (Wildman–Crippen MR) is 99.2 cm³/mol. The summed E-state index contributed by atoms with van der Waals surface area (Å²) in [4.78, 5) is 34.4. The molecule has 0 bridgehead atoms. The van der Waals surface area contributed by atoms with Crippen LogP contribution in [0, 0.1) is 10.1 Å². The predicted octanol–water partition coefficient (Wildman–Crippen LogP) is 3.54. The second kappa shape index (κ2) is 7.91. The lowest BCUT2D eigenvalue weighted by atomic mass is 10.1. The number of nitro benzene ring substituents is 1. The van der Waals surface area contributed by atoms with E-state index in [0.717, 1.165) is 0 Å². The molecule has 1 atom stereocenters. The number of fused-ring (bicyclic) bond motifs is 1. The summed E-state index contributed by atoms with van der Waals surface area (Å²) in [6.07, 6.45) is 0.707. The van der Waals surface area contributed by atoms with E-state index in [9.17, 15) is 19.7 Å². The molecule has 8 nitrogen and oxygen atoms in total. The lowest BCUT2D eigenvalue weighted by Crippen LogP contribution is -2.26. The number of hydrogen-bond acceptors (Lipinski definition) is 7. The number of Topliss-reactive ketones (excluding diaryl/α,β-unsaturated/α-hetero) is 1. The van der Waals surface area contributed by atoms with Gasteiger partial charge in [-0.1, -0.05) is 0 Å². The summed E-state index contributed by atoms with van der Waals surface area (Å²) >= 11 is 0. The van der Waals surface area contributed by atoms with Gasteiger partial charge in [0.25, 0.3) is 5.69 Å². The van der Waals surface area contributed by atoms with Crippen molar-refractivity contribution in [3.8, 4) is 11.5 Å². The van der Waals surface area contributed by atoms with Crippen molar-refractivity contribution in [2.24, 2.45) is 0 Å². The van der Waals surface area contributed by atoms with E-state index in [1.165, 1.54) is 36.4 Å². The molecular formula is C20H17NO7. The normalized spacial score (nSPS) is 14.9. The average Bonchev–Trinajstić information content (AvgIpc) is 2.97. The summed E-state index contributed by atoms with van der Waals surface area (Å²) in [6, 6.07) is 10.4. The van der Waals surface area contributed by atoms with Gasteiger partial charge in [0.2, 0.25) is 5.78 Å². The lowest BCUT2D eigenvalue weighted by molar-refractivity contribution is -0.384. The Morgan fingerprint density at radius 3 is 2.61 bits per heavy atom. The highest BCUT2D eigenvalue weighted by Gasteiger charge is 2.28. The van der Waals surface area contributed by atoms with E-state index in [0.29, 0.717) is 22.6 Å². The zero-order chi connectivity index (χ0) is 20.3. The van der Waals surface area contributed by atoms with E-state index < -0.39 is 17.0 Å². The van der Waals surface area contributed by atoms with Crippen molar-refractivity contribution in [1.29, 1.82) is 0 Å². The summed E-state index contributed by atoms with van der Waals surface area (Å²) in [6.45, 7) is 3.53. The Morgan fingerprint density at radius 2 is 1.96 bits per heavy atom. The molecule has 2 aromatic carbocycles. The second-order valence-electron chi connectivity index (χ2n) is 5.96. The third-order valence-electron chi connectivity index (χ3n) is 3.97. The lowest BCUT2D eigenvalue weighted by Gasteiger charge is -2.13. The van der Waals surface area contributed by atoms with Crippen LogP contribution in [0.25, 0.3) is 6.08 Å². The molecule has 0 unspecified atom stereocenters. The zero-order valence-electron chi connectivity index (χ0n) is 15.2. The molecule has 0 amide bonds. The van der Waals surface area contributed by atoms with Gasteiger partial charge < -0.3 is 14.2 Å². The number of non-ortho nitro benzene ring substituents is 1. The van der Waals surface area contributed by atoms with Gasteiger partial charge in [-0.15, -0.1) is 0 Å². The van der Waals surface area contributed by atoms with Crippen molar-refractivity contribution >= 4 is 23.5 Å². The Morgan fingerprint density at radius 1 is 1.25 bits per heavy atom. The highest BCUT2D eigenvalue weighted by atomic mass is 16.6. The van der Waals surface area contributed by atoms with Gasteiger partial charge in [-0.2, -0.15) is 0 Å². The third-order valence-corrected chi connectivity index (χ3v) is 3.97. The summed E-state index contributed by atoms with van der Waals surface area (Å²) in [5.41, 5.74) is 0.917. The maximum absolute atomic E-state index is 12.5. The minimum Gasteiger partial charge on any atom is -0.479 e. The van der Waals surface area contributed by atoms with Crippen molar-refractivity contribution < 1.29 is 28.7 Å². The highest BCUT2D eigenvalue weighted by molar-refractivity contribution is 6.14. The molecule has 0 spiro atoms. The van der Waals surface area contributed by atoms with E-state index in [1.807, 2.05) is 0 Å². The van der Waals surface area contributed by atoms with E-state index in [-0.39, 0.29) is 23.8 Å². The van der Waals surface area contributed by atoms with Gasteiger partial charge in [-0.25, -0.2) is 4.79 Å². The summed E-state index contributed by atoms with van der Waals surface area (Å²) in [7, 11) is 0. The number of ketones is 1. The van der Waals surface area contributed by atoms with Gasteiger partial charge in [0.05, 0.1) is 17.1 Å². The fourth-order valence-electron chi connectivity index (χ4n) is 2.60. The first-order chi connectivity index (χ1) is 13.4. The molecule has 0 aromatic heterocycles. The minimum absolute atomic E-state index is 0.0402. The van der Waals surface area contributed by atoms with E-state index >= 15 is 0 Å². The zero-order valence-corrected chi connectivity index (χ0v) is 15.2. The number of benzene rings is 2. The fourth-order valence-corrected chi connectivity index (χ4v) is 2.60. The highest BCUT2D eigenvalue weighted by Crippen LogP contribution is 2.35. The fraction of sp³-hybridized carbons (Fsp3) is 0.200. The average molecular weight is 383 g/mol. The van der Waals surface area contributed by atoms with Crippen LogP contribution in [0.3, 0.4) is 0 Å². The van der Waals surface area contributed by atoms with Crippen LogP contribution in [-0.2, 0) is 9.53 Å². The molecule has 3 rings (SSSR count). The van der Waals surface area contributed by atoms with Crippen molar-refractivity contribution in [3.05, 3.63) is 69.5 Å². The van der Waals surface area contributed by atoms with Gasteiger partial charge in [0.15, 0.2) is 11.9 Å². The molecule has 0 saturated heterocycles. The molecule has 28 heavy (non-hydrogen) atoms. The quantitative estimate of drug-likeness (QED) is 0.325. The number of carbonyl (C=O) groups excluding carboxylic acids is 2. The monoisotopic (exact) mass is 383 g/mol. The van der Waals surface area contributed by atoms with Gasteiger partial charge in [-0.3, -0.25) is 14.9 Å². The van der Waals surface area contributed by atoms with Gasteiger partial charge in [0, 0.05) is 18.2 Å². The molecule has 1 heterocycles. The van der Waals surface area contributed by atoms with Crippen molar-refractivity contribution in [3.63, 3.8) is 0 Å². The van der Waals surface area contributed by atoms with Crippen molar-refractivity contribution in [2.45, 2.75) is 20.0 Å². The van der Waals surface area contributed by atoms with Crippen LogP contribution in [0.2, 0.25) is 0 Å². The number of rotatable bonds is 6. The Kier molecular flexibility index (Phi) is 5.39. The molecular weight excluding hydrogens is 366 g/mol. The molecule has 0 radical (unpaired) electrons. The first-order valence-corrected chi connectivity index (χ1v) is 8.55. The van der Waals surface area contributed by atoms with E-state index in [1.54, 1.807) is 26.0 Å². The summed E-state index contributed by atoms with van der Waals surface area (Å²) in [5.74, 6) is -0.0213. The van der Waals surface area contributed by atoms with Gasteiger partial charge >= 0.3 is 5.97 Å². The minimum atomic E-state index is -0.801. The first kappa shape index (κ1) is 19.1. The molecule has 0 N–H and O–H groups in total. The SMILES string of the molecule is CCOC(=O)[C@@H](C)Oc1ccc2c(c1)O/C(=C/c1ccc([N+](=O)[O-])cc1)C2=O. The summed E-state index contributed by atoms with van der Waals surface area (Å²) in [5, 5.41) is 10.7. The maximum Gasteiger partial charge on any atom is 0.347 e. The molecule has 0 aliphatic carbocycles. The maximum atomic E-state index is 12.5. The molecule has 1 aliphatic rings. The molecule has 144 valence electrons. The molecule has 8 heteroatoms. The molecule has 0 fully saturated rings. The molecule has 2 aromatic rings. The number of carbonyl (C=O) groups is 2. The largest absolute Gasteiger partial charge is 0.479 e. The van der Waals surface area contributed by atoms with E-state index in [2.05, 4.69) is 0 Å². The Bertz CT molecular complexity index is 963. The standard InChI is InChI=1S/C20H17NO7/c1-3-26-20(23)12(2)27-15-8-9-16-17(11-15)28-18(19(16)22)10-13-4-6-14(7-5-13)21(24)25/h4-12H,3H2,1-2H3/b18-10+/t12-/m1/s1. The molecule has 1 aliphatic heterocycles. The Balaban J connectivity index is 1.77. The van der Waals surface area contributed by atoms with Crippen molar-refractivity contribution in [1.82, 2.24) is 0 Å². The first-order valence-electron chi connectivity index (χ1n) is 8.55. The van der Waals surface area contributed by atoms with Gasteiger partial charge in [-0.05, 0) is 49.8 Å². The molecule has 0 saturated carbocycles. The Labute approximate surface area is 160 Å². The van der Waals surface area contributed by atoms with Crippen LogP contribution in [-0.4, -0.2) is 29.4 Å². The van der Waals surface area contributed by atoms with Crippen LogP contribution in [0.4, 0.5) is 5.69 Å². The van der Waals surface area contributed by atoms with Crippen LogP contribution in [0.5, 0.6) is 11.5 Å². The Hall–Kier alpha value is -3.68. The van der Waals surface area contributed by atoms with Crippen LogP contribution in [0.1, 0.15) is 29.8 Å². The number of nitro groups is 1. The van der Waals surface area contributed by atoms with Crippen molar-refractivity contribution in [2.75, 3.05) is 6.61 Å². The second-order valence-corrected chi connectivity index (χ2v) is 5.96. The van der Waals surface area contributed by atoms with Gasteiger partial charge in [0.1, 0.15) is 11.5 Å². The smallest absolute Gasteiger partial charge is 0.347 e. The summed E-state index contributed by atoms with van der Waals surface area (Å²) < 4.78 is 16.0. The van der Waals surface area contributed by atoms with Crippen LogP contribution >= 0.6 is 0 Å².